The lowest BCUT2D eigenvalue weighted by atomic mass is 10.3. The van der Waals surface area contributed by atoms with Crippen LogP contribution in [0.3, 0.4) is 0 Å². The average molecular weight is 221 g/mol. The van der Waals surface area contributed by atoms with Crippen LogP contribution < -0.4 is 10.1 Å². The monoisotopic (exact) mass is 221 g/mol. The van der Waals surface area contributed by atoms with Crippen LogP contribution in [0.5, 0.6) is 5.88 Å². The Labute approximate surface area is 96.4 Å². The van der Waals surface area contributed by atoms with E-state index in [-0.39, 0.29) is 0 Å². The van der Waals surface area contributed by atoms with Crippen LogP contribution in [0.25, 0.3) is 0 Å². The van der Waals surface area contributed by atoms with Crippen LogP contribution in [-0.2, 0) is 0 Å². The summed E-state index contributed by atoms with van der Waals surface area (Å²) in [5.74, 6) is 1.55. The van der Waals surface area contributed by atoms with E-state index in [0.29, 0.717) is 12.0 Å². The first-order valence-electron chi connectivity index (χ1n) is 6.11. The van der Waals surface area contributed by atoms with Gasteiger partial charge in [0.25, 0.3) is 0 Å². The Morgan fingerprint density at radius 1 is 1.38 bits per heavy atom. The molecule has 0 saturated heterocycles. The van der Waals surface area contributed by atoms with Gasteiger partial charge in [0.2, 0.25) is 5.88 Å². The number of ether oxygens (including phenoxy) is 1. The van der Waals surface area contributed by atoms with Crippen LogP contribution in [0.2, 0.25) is 0 Å². The van der Waals surface area contributed by atoms with Crippen LogP contribution in [0.4, 0.5) is 5.82 Å². The van der Waals surface area contributed by atoms with E-state index in [9.17, 15) is 0 Å². The third-order valence-corrected chi connectivity index (χ3v) is 2.79. The zero-order valence-electron chi connectivity index (χ0n) is 9.78. The lowest BCUT2D eigenvalue weighted by Crippen LogP contribution is -2.12. The minimum Gasteiger partial charge on any atom is -0.474 e. The van der Waals surface area contributed by atoms with Gasteiger partial charge in [-0.1, -0.05) is 6.92 Å². The first kappa shape index (κ1) is 11.2. The SMILES string of the molecule is CCCNc1cc(OC2CCCC2)ncn1. The molecule has 1 heterocycles. The third-order valence-electron chi connectivity index (χ3n) is 2.79. The first-order chi connectivity index (χ1) is 7.88. The Morgan fingerprint density at radius 3 is 2.94 bits per heavy atom. The summed E-state index contributed by atoms with van der Waals surface area (Å²) in [5.41, 5.74) is 0. The van der Waals surface area contributed by atoms with Crippen LogP contribution >= 0.6 is 0 Å². The summed E-state index contributed by atoms with van der Waals surface area (Å²) in [6.07, 6.45) is 7.86. The number of hydrogen-bond donors (Lipinski definition) is 1. The van der Waals surface area contributed by atoms with Crippen molar-refractivity contribution in [3.63, 3.8) is 0 Å². The predicted molar refractivity (Wildman–Crippen MR) is 63.7 cm³/mol. The van der Waals surface area contributed by atoms with Crippen LogP contribution in [0.1, 0.15) is 39.0 Å². The summed E-state index contributed by atoms with van der Waals surface area (Å²) in [5, 5.41) is 3.23. The van der Waals surface area contributed by atoms with Crippen molar-refractivity contribution >= 4 is 5.82 Å². The van der Waals surface area contributed by atoms with E-state index < -0.39 is 0 Å². The molecule has 4 nitrogen and oxygen atoms in total. The quantitative estimate of drug-likeness (QED) is 0.830. The fourth-order valence-corrected chi connectivity index (χ4v) is 1.93. The van der Waals surface area contributed by atoms with Crippen LogP contribution in [0, 0.1) is 0 Å². The van der Waals surface area contributed by atoms with Gasteiger partial charge in [-0.25, -0.2) is 9.97 Å². The van der Waals surface area contributed by atoms with Crippen molar-refractivity contribution < 1.29 is 4.74 Å². The molecule has 0 aliphatic heterocycles. The van der Waals surface area contributed by atoms with Crippen molar-refractivity contribution in [2.45, 2.75) is 45.1 Å². The maximum absolute atomic E-state index is 5.80. The molecular weight excluding hydrogens is 202 g/mol. The molecule has 1 aromatic heterocycles. The molecule has 0 bridgehead atoms. The molecule has 1 aromatic rings. The van der Waals surface area contributed by atoms with Gasteiger partial charge < -0.3 is 10.1 Å². The highest BCUT2D eigenvalue weighted by Crippen LogP contribution is 2.23. The molecule has 0 radical (unpaired) electrons. The zero-order valence-corrected chi connectivity index (χ0v) is 9.78. The highest BCUT2D eigenvalue weighted by molar-refractivity contribution is 5.36. The predicted octanol–water partition coefficient (Wildman–Crippen LogP) is 2.62. The summed E-state index contributed by atoms with van der Waals surface area (Å²) in [4.78, 5) is 8.29. The van der Waals surface area contributed by atoms with Crippen molar-refractivity contribution in [1.82, 2.24) is 9.97 Å². The summed E-state index contributed by atoms with van der Waals surface area (Å²) >= 11 is 0. The van der Waals surface area contributed by atoms with Crippen LogP contribution in [-0.4, -0.2) is 22.6 Å². The molecule has 0 atom stereocenters. The Balaban J connectivity index is 1.92. The molecular formula is C12H19N3O. The highest BCUT2D eigenvalue weighted by atomic mass is 16.5. The van der Waals surface area contributed by atoms with Gasteiger partial charge in [-0.2, -0.15) is 0 Å². The summed E-state index contributed by atoms with van der Waals surface area (Å²) in [7, 11) is 0. The Hall–Kier alpha value is -1.32. The van der Waals surface area contributed by atoms with Gasteiger partial charge in [-0.15, -0.1) is 0 Å². The molecule has 0 unspecified atom stereocenters. The molecule has 1 aliphatic rings. The lowest BCUT2D eigenvalue weighted by molar-refractivity contribution is 0.201. The fourth-order valence-electron chi connectivity index (χ4n) is 1.93. The molecule has 0 aromatic carbocycles. The number of hydrogen-bond acceptors (Lipinski definition) is 4. The molecule has 1 aliphatic carbocycles. The van der Waals surface area contributed by atoms with Gasteiger partial charge in [0.05, 0.1) is 0 Å². The maximum atomic E-state index is 5.80. The Bertz CT molecular complexity index is 324. The van der Waals surface area contributed by atoms with Crippen molar-refractivity contribution in [2.75, 3.05) is 11.9 Å². The average Bonchev–Trinajstić information content (AvgIpc) is 2.80. The normalized spacial score (nSPS) is 16.3. The standard InChI is InChI=1S/C12H19N3O/c1-2-7-13-11-8-12(15-9-14-11)16-10-5-3-4-6-10/h8-10H,2-7H2,1H3,(H,13,14,15). The minimum atomic E-state index is 0.355. The van der Waals surface area contributed by atoms with Crippen molar-refractivity contribution in [2.24, 2.45) is 0 Å². The molecule has 1 N–H and O–H groups in total. The van der Waals surface area contributed by atoms with Gasteiger partial charge in [-0.05, 0) is 32.1 Å². The van der Waals surface area contributed by atoms with E-state index in [1.54, 1.807) is 6.33 Å². The van der Waals surface area contributed by atoms with E-state index in [0.717, 1.165) is 31.6 Å². The summed E-state index contributed by atoms with van der Waals surface area (Å²) < 4.78 is 5.80. The second-order valence-electron chi connectivity index (χ2n) is 4.19. The smallest absolute Gasteiger partial charge is 0.218 e. The molecule has 0 amide bonds. The van der Waals surface area contributed by atoms with E-state index >= 15 is 0 Å². The van der Waals surface area contributed by atoms with Crippen LogP contribution in [0.15, 0.2) is 12.4 Å². The van der Waals surface area contributed by atoms with E-state index in [4.69, 9.17) is 4.74 Å². The van der Waals surface area contributed by atoms with Crippen molar-refractivity contribution in [3.8, 4) is 5.88 Å². The van der Waals surface area contributed by atoms with E-state index in [1.165, 1.54) is 12.8 Å². The number of rotatable bonds is 5. The number of anilines is 1. The third kappa shape index (κ3) is 3.08. The first-order valence-corrected chi connectivity index (χ1v) is 6.11. The highest BCUT2D eigenvalue weighted by Gasteiger charge is 2.17. The Kier molecular flexibility index (Phi) is 3.97. The fraction of sp³-hybridized carbons (Fsp3) is 0.667. The zero-order chi connectivity index (χ0) is 11.2. The van der Waals surface area contributed by atoms with Crippen molar-refractivity contribution in [3.05, 3.63) is 12.4 Å². The number of nitrogens with zero attached hydrogens (tertiary/aromatic N) is 2. The van der Waals surface area contributed by atoms with Gasteiger partial charge in [0, 0.05) is 12.6 Å². The lowest BCUT2D eigenvalue weighted by Gasteiger charge is -2.12. The van der Waals surface area contributed by atoms with Gasteiger partial charge in [-0.3, -0.25) is 0 Å². The largest absolute Gasteiger partial charge is 0.474 e. The molecule has 88 valence electrons. The second-order valence-corrected chi connectivity index (χ2v) is 4.19. The minimum absolute atomic E-state index is 0.355. The number of nitrogens with one attached hydrogen (secondary N) is 1. The molecule has 2 rings (SSSR count). The van der Waals surface area contributed by atoms with E-state index in [1.807, 2.05) is 6.07 Å². The summed E-state index contributed by atoms with van der Waals surface area (Å²) in [6, 6.07) is 1.88. The molecule has 1 saturated carbocycles. The molecule has 16 heavy (non-hydrogen) atoms. The van der Waals surface area contributed by atoms with Gasteiger partial charge in [0.15, 0.2) is 0 Å². The van der Waals surface area contributed by atoms with E-state index in [2.05, 4.69) is 22.2 Å². The van der Waals surface area contributed by atoms with Gasteiger partial charge in [0.1, 0.15) is 18.2 Å². The van der Waals surface area contributed by atoms with Gasteiger partial charge >= 0.3 is 0 Å². The summed E-state index contributed by atoms with van der Waals surface area (Å²) in [6.45, 7) is 3.06. The molecule has 1 fully saturated rings. The second kappa shape index (κ2) is 5.68. The molecule has 4 heteroatoms. The topological polar surface area (TPSA) is 47.0 Å². The van der Waals surface area contributed by atoms with Crippen molar-refractivity contribution in [1.29, 1.82) is 0 Å². The molecule has 0 spiro atoms. The Morgan fingerprint density at radius 2 is 2.19 bits per heavy atom. The maximum Gasteiger partial charge on any atom is 0.218 e. The number of aromatic nitrogens is 2.